The molecule has 1 aromatic carbocycles. The predicted octanol–water partition coefficient (Wildman–Crippen LogP) is 1.73. The molecule has 0 bridgehead atoms. The fraction of sp³-hybridized carbons (Fsp3) is 0.267. The summed E-state index contributed by atoms with van der Waals surface area (Å²) in [5.74, 6) is -0.362. The summed E-state index contributed by atoms with van der Waals surface area (Å²) in [5.41, 5.74) is 0.975. The van der Waals surface area contributed by atoms with E-state index in [-0.39, 0.29) is 30.5 Å². The molecule has 7 heteroatoms. The molecule has 0 saturated carbocycles. The Labute approximate surface area is 133 Å². The van der Waals surface area contributed by atoms with Gasteiger partial charge in [-0.15, -0.1) is 0 Å². The topological polar surface area (TPSA) is 67.2 Å². The molecular weight excluding hydrogens is 304 g/mol. The highest BCUT2D eigenvalue weighted by Crippen LogP contribution is 2.18. The third-order valence-electron chi connectivity index (χ3n) is 3.04. The van der Waals surface area contributed by atoms with Gasteiger partial charge in [0.15, 0.2) is 5.69 Å². The maximum atomic E-state index is 12.0. The van der Waals surface area contributed by atoms with Crippen molar-refractivity contribution < 1.29 is 9.59 Å². The fourth-order valence-electron chi connectivity index (χ4n) is 1.81. The van der Waals surface area contributed by atoms with Crippen molar-refractivity contribution in [3.05, 3.63) is 47.2 Å². The van der Waals surface area contributed by atoms with Crippen LogP contribution in [0.1, 0.15) is 16.9 Å². The van der Waals surface area contributed by atoms with Gasteiger partial charge in [-0.1, -0.05) is 23.7 Å². The van der Waals surface area contributed by atoms with E-state index in [1.807, 2.05) is 18.2 Å². The zero-order valence-corrected chi connectivity index (χ0v) is 13.2. The fourth-order valence-corrected chi connectivity index (χ4v) is 2.04. The van der Waals surface area contributed by atoms with Gasteiger partial charge in [0.05, 0.1) is 10.7 Å². The lowest BCUT2D eigenvalue weighted by Crippen LogP contribution is -2.30. The van der Waals surface area contributed by atoms with Crippen molar-refractivity contribution in [3.63, 3.8) is 0 Å². The quantitative estimate of drug-likeness (QED) is 0.912. The standard InChI is InChI=1S/C15H17ClN4O2/c1-19(2)14(21)7-9-17-15(22)12-8-10-20(18-12)13-6-4-3-5-11(13)16/h3-6,8,10H,7,9H2,1-2H3,(H,17,22). The summed E-state index contributed by atoms with van der Waals surface area (Å²) in [6.45, 7) is 0.273. The molecule has 0 spiro atoms. The summed E-state index contributed by atoms with van der Waals surface area (Å²) in [5, 5.41) is 7.42. The number of nitrogens with zero attached hydrogens (tertiary/aromatic N) is 3. The summed E-state index contributed by atoms with van der Waals surface area (Å²) in [4.78, 5) is 24.9. The number of carbonyl (C=O) groups excluding carboxylic acids is 2. The second-order valence-electron chi connectivity index (χ2n) is 4.89. The lowest BCUT2D eigenvalue weighted by molar-refractivity contribution is -0.128. The number of aromatic nitrogens is 2. The lowest BCUT2D eigenvalue weighted by Gasteiger charge is -2.10. The molecule has 0 aliphatic carbocycles. The number of para-hydroxylation sites is 1. The molecule has 116 valence electrons. The van der Waals surface area contributed by atoms with Crippen molar-refractivity contribution >= 4 is 23.4 Å². The predicted molar refractivity (Wildman–Crippen MR) is 84.2 cm³/mol. The van der Waals surface area contributed by atoms with E-state index >= 15 is 0 Å². The Morgan fingerprint density at radius 3 is 2.68 bits per heavy atom. The maximum Gasteiger partial charge on any atom is 0.271 e. The van der Waals surface area contributed by atoms with E-state index in [1.165, 1.54) is 4.90 Å². The van der Waals surface area contributed by atoms with E-state index in [9.17, 15) is 9.59 Å². The van der Waals surface area contributed by atoms with E-state index in [1.54, 1.807) is 37.1 Å². The van der Waals surface area contributed by atoms with Crippen molar-refractivity contribution in [2.45, 2.75) is 6.42 Å². The minimum Gasteiger partial charge on any atom is -0.350 e. The zero-order chi connectivity index (χ0) is 16.1. The lowest BCUT2D eigenvalue weighted by atomic mass is 10.3. The van der Waals surface area contributed by atoms with Gasteiger partial charge in [-0.25, -0.2) is 4.68 Å². The van der Waals surface area contributed by atoms with Crippen molar-refractivity contribution in [2.24, 2.45) is 0 Å². The van der Waals surface area contributed by atoms with Gasteiger partial charge in [0.1, 0.15) is 0 Å². The summed E-state index contributed by atoms with van der Waals surface area (Å²) >= 11 is 6.09. The zero-order valence-electron chi connectivity index (χ0n) is 12.4. The Balaban J connectivity index is 1.98. The SMILES string of the molecule is CN(C)C(=O)CCNC(=O)c1ccn(-c2ccccc2Cl)n1. The van der Waals surface area contributed by atoms with Crippen molar-refractivity contribution in [1.82, 2.24) is 20.0 Å². The van der Waals surface area contributed by atoms with Gasteiger partial charge in [-0.2, -0.15) is 5.10 Å². The van der Waals surface area contributed by atoms with E-state index in [2.05, 4.69) is 10.4 Å². The van der Waals surface area contributed by atoms with Crippen molar-refractivity contribution in [1.29, 1.82) is 0 Å². The Morgan fingerprint density at radius 1 is 1.27 bits per heavy atom. The smallest absolute Gasteiger partial charge is 0.271 e. The number of benzene rings is 1. The molecule has 2 rings (SSSR count). The Bertz CT molecular complexity index is 682. The number of hydrogen-bond donors (Lipinski definition) is 1. The van der Waals surface area contributed by atoms with Crippen LogP contribution in [-0.4, -0.2) is 47.1 Å². The molecule has 0 unspecified atom stereocenters. The minimum absolute atomic E-state index is 0.0399. The normalized spacial score (nSPS) is 10.3. The Morgan fingerprint density at radius 2 is 2.00 bits per heavy atom. The molecule has 2 aromatic rings. The summed E-state index contributed by atoms with van der Waals surface area (Å²) in [7, 11) is 3.35. The number of amides is 2. The first kappa shape index (κ1) is 16.0. The molecule has 0 fully saturated rings. The Hall–Kier alpha value is -2.34. The second-order valence-corrected chi connectivity index (χ2v) is 5.30. The number of halogens is 1. The molecule has 0 aliphatic heterocycles. The van der Waals surface area contributed by atoms with Crippen LogP contribution in [-0.2, 0) is 4.79 Å². The highest BCUT2D eigenvalue weighted by Gasteiger charge is 2.12. The van der Waals surface area contributed by atoms with Gasteiger partial charge in [0.2, 0.25) is 5.91 Å². The molecule has 0 radical (unpaired) electrons. The van der Waals surface area contributed by atoms with Crippen LogP contribution in [0.4, 0.5) is 0 Å². The van der Waals surface area contributed by atoms with Crippen LogP contribution < -0.4 is 5.32 Å². The molecule has 0 atom stereocenters. The van der Waals surface area contributed by atoms with E-state index < -0.39 is 0 Å². The van der Waals surface area contributed by atoms with Gasteiger partial charge in [-0.05, 0) is 18.2 Å². The molecule has 1 aromatic heterocycles. The first-order valence-electron chi connectivity index (χ1n) is 6.78. The van der Waals surface area contributed by atoms with Crippen molar-refractivity contribution in [3.8, 4) is 5.69 Å². The molecular formula is C15H17ClN4O2. The summed E-state index contributed by atoms with van der Waals surface area (Å²) in [6.07, 6.45) is 1.92. The van der Waals surface area contributed by atoms with Gasteiger partial charge < -0.3 is 10.2 Å². The van der Waals surface area contributed by atoms with E-state index in [4.69, 9.17) is 11.6 Å². The Kier molecular flexibility index (Phi) is 5.16. The van der Waals surface area contributed by atoms with Crippen LogP contribution in [0.3, 0.4) is 0 Å². The number of hydrogen-bond acceptors (Lipinski definition) is 3. The van der Waals surface area contributed by atoms with E-state index in [0.29, 0.717) is 10.7 Å². The highest BCUT2D eigenvalue weighted by atomic mass is 35.5. The summed E-state index contributed by atoms with van der Waals surface area (Å²) < 4.78 is 1.54. The van der Waals surface area contributed by atoms with Gasteiger partial charge in [0.25, 0.3) is 5.91 Å². The van der Waals surface area contributed by atoms with Gasteiger partial charge in [-0.3, -0.25) is 9.59 Å². The molecule has 2 amide bonds. The third-order valence-corrected chi connectivity index (χ3v) is 3.36. The van der Waals surface area contributed by atoms with Crippen LogP contribution in [0, 0.1) is 0 Å². The molecule has 1 heterocycles. The van der Waals surface area contributed by atoms with E-state index in [0.717, 1.165) is 0 Å². The average Bonchev–Trinajstić information content (AvgIpc) is 2.97. The van der Waals surface area contributed by atoms with Gasteiger partial charge >= 0.3 is 0 Å². The molecule has 0 saturated heterocycles. The average molecular weight is 321 g/mol. The monoisotopic (exact) mass is 320 g/mol. The molecule has 22 heavy (non-hydrogen) atoms. The molecule has 0 aliphatic rings. The van der Waals surface area contributed by atoms with Crippen molar-refractivity contribution in [2.75, 3.05) is 20.6 Å². The molecule has 1 N–H and O–H groups in total. The summed E-state index contributed by atoms with van der Waals surface area (Å²) in [6, 6.07) is 8.84. The number of carbonyl (C=O) groups is 2. The first-order chi connectivity index (χ1) is 10.5. The van der Waals surface area contributed by atoms with Gasteiger partial charge in [0, 0.05) is 33.3 Å². The van der Waals surface area contributed by atoms with Crippen LogP contribution in [0.15, 0.2) is 36.5 Å². The maximum absolute atomic E-state index is 12.0. The minimum atomic E-state index is -0.322. The van der Waals surface area contributed by atoms with Crippen LogP contribution in [0.25, 0.3) is 5.69 Å². The number of nitrogens with one attached hydrogen (secondary N) is 1. The highest BCUT2D eigenvalue weighted by molar-refractivity contribution is 6.32. The van der Waals surface area contributed by atoms with Crippen LogP contribution in [0.5, 0.6) is 0 Å². The third kappa shape index (κ3) is 3.85. The first-order valence-corrected chi connectivity index (χ1v) is 7.16. The second kappa shape index (κ2) is 7.09. The van der Waals surface area contributed by atoms with Crippen LogP contribution in [0.2, 0.25) is 5.02 Å². The van der Waals surface area contributed by atoms with Crippen LogP contribution >= 0.6 is 11.6 Å². The number of rotatable bonds is 5. The largest absolute Gasteiger partial charge is 0.350 e. The molecule has 6 nitrogen and oxygen atoms in total.